The average molecular weight is 376 g/mol. The number of aliphatic hydroxyl groups is 2. The number of hydrogen-bond donors (Lipinski definition) is 4. The highest BCUT2D eigenvalue weighted by Crippen LogP contribution is 2.22. The van der Waals surface area contributed by atoms with E-state index in [1.54, 1.807) is 31.3 Å². The number of nitrogens with two attached hydrogens (primary N) is 1. The minimum atomic E-state index is -1.18. The molecule has 0 saturated heterocycles. The number of nitrogen functional groups attached to an aromatic ring is 1. The van der Waals surface area contributed by atoms with Gasteiger partial charge in [0.05, 0.1) is 24.9 Å². The lowest BCUT2D eigenvalue weighted by Crippen LogP contribution is -2.53. The zero-order chi connectivity index (χ0) is 20.0. The van der Waals surface area contributed by atoms with Gasteiger partial charge in [-0.15, -0.1) is 0 Å². The molecular weight excluding hydrogens is 352 g/mol. The second kappa shape index (κ2) is 8.65. The molecule has 5 N–H and O–H groups in total. The van der Waals surface area contributed by atoms with Gasteiger partial charge in [0.15, 0.2) is 11.7 Å². The SMILES string of the molecule is CN=C(C(=O)NC(C)(CO)CO)c1cc(OCc2cnc(C)o2)ccc1N. The zero-order valence-corrected chi connectivity index (χ0v) is 15.5. The van der Waals surface area contributed by atoms with Gasteiger partial charge in [-0.1, -0.05) is 0 Å². The Morgan fingerprint density at radius 3 is 2.67 bits per heavy atom. The Morgan fingerprint density at radius 2 is 2.11 bits per heavy atom. The highest BCUT2D eigenvalue weighted by Gasteiger charge is 2.28. The third-order valence-electron chi connectivity index (χ3n) is 3.88. The first kappa shape index (κ1) is 20.4. The number of aryl methyl sites for hydroxylation is 1. The maximum absolute atomic E-state index is 12.6. The monoisotopic (exact) mass is 376 g/mol. The van der Waals surface area contributed by atoms with E-state index in [-0.39, 0.29) is 12.3 Å². The summed E-state index contributed by atoms with van der Waals surface area (Å²) in [6.45, 7) is 2.56. The van der Waals surface area contributed by atoms with E-state index < -0.39 is 24.7 Å². The van der Waals surface area contributed by atoms with Crippen LogP contribution in [0.25, 0.3) is 0 Å². The number of rotatable bonds is 8. The minimum absolute atomic E-state index is 0.0570. The Kier molecular flexibility index (Phi) is 6.54. The molecule has 1 aromatic heterocycles. The molecule has 0 aliphatic rings. The largest absolute Gasteiger partial charge is 0.486 e. The summed E-state index contributed by atoms with van der Waals surface area (Å²) in [6, 6.07) is 4.86. The Balaban J connectivity index is 2.20. The maximum atomic E-state index is 12.6. The number of oxazole rings is 1. The predicted molar refractivity (Wildman–Crippen MR) is 99.6 cm³/mol. The van der Waals surface area contributed by atoms with Gasteiger partial charge in [-0.05, 0) is 25.1 Å². The number of aliphatic imine (C=N–C) groups is 1. The molecule has 0 radical (unpaired) electrons. The van der Waals surface area contributed by atoms with Crippen LogP contribution in [0.4, 0.5) is 5.69 Å². The minimum Gasteiger partial charge on any atom is -0.486 e. The first-order chi connectivity index (χ1) is 12.8. The van der Waals surface area contributed by atoms with Crippen LogP contribution in [0.15, 0.2) is 33.8 Å². The van der Waals surface area contributed by atoms with Gasteiger partial charge in [0.25, 0.3) is 5.91 Å². The number of anilines is 1. The van der Waals surface area contributed by atoms with Gasteiger partial charge in [-0.25, -0.2) is 4.98 Å². The lowest BCUT2D eigenvalue weighted by molar-refractivity contribution is -0.117. The van der Waals surface area contributed by atoms with E-state index in [1.807, 2.05) is 0 Å². The molecule has 0 saturated carbocycles. The Bertz CT molecular complexity index is 827. The Hall–Kier alpha value is -2.91. The van der Waals surface area contributed by atoms with Crippen molar-refractivity contribution >= 4 is 17.3 Å². The number of amides is 1. The Morgan fingerprint density at radius 1 is 1.41 bits per heavy atom. The number of ether oxygens (including phenoxy) is 1. The van der Waals surface area contributed by atoms with E-state index in [0.717, 1.165) is 0 Å². The van der Waals surface area contributed by atoms with Crippen molar-refractivity contribution in [1.82, 2.24) is 10.3 Å². The van der Waals surface area contributed by atoms with Gasteiger partial charge in [0, 0.05) is 25.2 Å². The van der Waals surface area contributed by atoms with Crippen LogP contribution in [0.2, 0.25) is 0 Å². The molecule has 146 valence electrons. The first-order valence-corrected chi connectivity index (χ1v) is 8.27. The van der Waals surface area contributed by atoms with E-state index in [9.17, 15) is 15.0 Å². The fourth-order valence-corrected chi connectivity index (χ4v) is 2.26. The molecule has 0 fully saturated rings. The van der Waals surface area contributed by atoms with Gasteiger partial charge in [-0.3, -0.25) is 9.79 Å². The van der Waals surface area contributed by atoms with E-state index >= 15 is 0 Å². The molecular formula is C18H24N4O5. The fraction of sp³-hybridized carbons (Fsp3) is 0.389. The summed E-state index contributed by atoms with van der Waals surface area (Å²) in [7, 11) is 1.45. The normalized spacial score (nSPS) is 12.1. The van der Waals surface area contributed by atoms with Crippen molar-refractivity contribution in [3.63, 3.8) is 0 Å². The van der Waals surface area contributed by atoms with Crippen molar-refractivity contribution in [3.8, 4) is 5.75 Å². The number of carbonyl (C=O) groups excluding carboxylic acids is 1. The van der Waals surface area contributed by atoms with Gasteiger partial charge in [0.2, 0.25) is 0 Å². The molecule has 9 heteroatoms. The molecule has 2 aromatic rings. The standard InChI is InChI=1S/C18H24N4O5/c1-11-21-7-13(27-11)8-26-12-4-5-15(19)14(6-12)16(20-3)17(25)22-18(2,9-23)10-24/h4-7,23-24H,8-10,19H2,1-3H3,(H,22,25). The third-order valence-corrected chi connectivity index (χ3v) is 3.88. The zero-order valence-electron chi connectivity index (χ0n) is 15.5. The molecule has 27 heavy (non-hydrogen) atoms. The first-order valence-electron chi connectivity index (χ1n) is 8.27. The highest BCUT2D eigenvalue weighted by molar-refractivity contribution is 6.46. The van der Waals surface area contributed by atoms with Crippen LogP contribution in [0.1, 0.15) is 24.1 Å². The van der Waals surface area contributed by atoms with Crippen molar-refractivity contribution in [2.45, 2.75) is 26.0 Å². The molecule has 0 aliphatic carbocycles. The van der Waals surface area contributed by atoms with Crippen LogP contribution >= 0.6 is 0 Å². The van der Waals surface area contributed by atoms with Gasteiger partial charge >= 0.3 is 0 Å². The third kappa shape index (κ3) is 5.05. The summed E-state index contributed by atoms with van der Waals surface area (Å²) in [5.74, 6) is 1.00. The fourth-order valence-electron chi connectivity index (χ4n) is 2.26. The number of hydrogen-bond acceptors (Lipinski definition) is 8. The second-order valence-corrected chi connectivity index (χ2v) is 6.29. The van der Waals surface area contributed by atoms with Crippen LogP contribution in [0.5, 0.6) is 5.75 Å². The van der Waals surface area contributed by atoms with Gasteiger partial charge in [0.1, 0.15) is 18.1 Å². The summed E-state index contributed by atoms with van der Waals surface area (Å²) in [5.41, 5.74) is 5.59. The molecule has 2 rings (SSSR count). The van der Waals surface area contributed by atoms with Crippen LogP contribution in [0.3, 0.4) is 0 Å². The van der Waals surface area contributed by atoms with E-state index in [0.29, 0.717) is 28.7 Å². The molecule has 1 amide bonds. The van der Waals surface area contributed by atoms with Crippen LogP contribution < -0.4 is 15.8 Å². The number of nitrogens with one attached hydrogen (secondary N) is 1. The summed E-state index contributed by atoms with van der Waals surface area (Å²) in [5, 5.41) is 21.3. The lowest BCUT2D eigenvalue weighted by Gasteiger charge is -2.26. The smallest absolute Gasteiger partial charge is 0.270 e. The Labute approximate surface area is 156 Å². The summed E-state index contributed by atoms with van der Waals surface area (Å²) in [4.78, 5) is 20.6. The molecule has 0 atom stereocenters. The molecule has 0 aliphatic heterocycles. The van der Waals surface area contributed by atoms with E-state index in [2.05, 4.69) is 15.3 Å². The number of aromatic nitrogens is 1. The molecule has 0 spiro atoms. The van der Waals surface area contributed by atoms with Crippen LogP contribution in [-0.2, 0) is 11.4 Å². The molecule has 0 unspecified atom stereocenters. The molecule has 1 heterocycles. The molecule has 0 bridgehead atoms. The number of benzene rings is 1. The number of aliphatic hydroxyl groups excluding tert-OH is 2. The van der Waals surface area contributed by atoms with Crippen molar-refractivity contribution in [1.29, 1.82) is 0 Å². The van der Waals surface area contributed by atoms with Crippen molar-refractivity contribution in [2.24, 2.45) is 4.99 Å². The van der Waals surface area contributed by atoms with Crippen LogP contribution in [-0.4, -0.2) is 52.6 Å². The summed E-state index contributed by atoms with van der Waals surface area (Å²) < 4.78 is 11.0. The quantitative estimate of drug-likeness (QED) is 0.386. The topological polar surface area (TPSA) is 143 Å². The summed E-state index contributed by atoms with van der Waals surface area (Å²) in [6.07, 6.45) is 1.57. The molecule has 9 nitrogen and oxygen atoms in total. The number of carbonyl (C=O) groups is 1. The van der Waals surface area contributed by atoms with Crippen molar-refractivity contribution < 1.29 is 24.2 Å². The molecule has 1 aromatic carbocycles. The van der Waals surface area contributed by atoms with Crippen LogP contribution in [0, 0.1) is 6.92 Å². The van der Waals surface area contributed by atoms with Gasteiger partial charge in [-0.2, -0.15) is 0 Å². The number of nitrogens with zero attached hydrogens (tertiary/aromatic N) is 2. The lowest BCUT2D eigenvalue weighted by atomic mass is 10.0. The van der Waals surface area contributed by atoms with Crippen molar-refractivity contribution in [3.05, 3.63) is 41.6 Å². The highest BCUT2D eigenvalue weighted by atomic mass is 16.5. The van der Waals surface area contributed by atoms with Gasteiger partial charge < -0.3 is 30.4 Å². The average Bonchev–Trinajstić information content (AvgIpc) is 3.07. The maximum Gasteiger partial charge on any atom is 0.270 e. The summed E-state index contributed by atoms with van der Waals surface area (Å²) >= 11 is 0. The predicted octanol–water partition coefficient (Wildman–Crippen LogP) is 0.423. The van der Waals surface area contributed by atoms with Crippen molar-refractivity contribution in [2.75, 3.05) is 26.0 Å². The van der Waals surface area contributed by atoms with E-state index in [4.69, 9.17) is 14.9 Å². The second-order valence-electron chi connectivity index (χ2n) is 6.29. The van der Waals surface area contributed by atoms with E-state index in [1.165, 1.54) is 14.0 Å².